The summed E-state index contributed by atoms with van der Waals surface area (Å²) in [5, 5.41) is 14.6. The first-order chi connectivity index (χ1) is 10.2. The highest BCUT2D eigenvalue weighted by molar-refractivity contribution is 5.81. The van der Waals surface area contributed by atoms with E-state index in [1.165, 1.54) is 18.3 Å². The molecule has 0 aliphatic heterocycles. The van der Waals surface area contributed by atoms with Crippen LogP contribution in [-0.2, 0) is 0 Å². The zero-order valence-electron chi connectivity index (χ0n) is 10.8. The fourth-order valence-electron chi connectivity index (χ4n) is 1.80. The fourth-order valence-corrected chi connectivity index (χ4v) is 1.80. The fraction of sp³-hybridized carbons (Fsp3) is 0. The highest BCUT2D eigenvalue weighted by atomic mass is 16.6. The Balaban J connectivity index is 1.74. The lowest BCUT2D eigenvalue weighted by molar-refractivity contribution is -0.384. The van der Waals surface area contributed by atoms with Crippen LogP contribution in [0.4, 0.5) is 11.7 Å². The quantitative estimate of drug-likeness (QED) is 0.450. The number of nitrogens with zero attached hydrogens (tertiary/aromatic N) is 3. The van der Waals surface area contributed by atoms with E-state index in [4.69, 9.17) is 4.42 Å². The zero-order valence-corrected chi connectivity index (χ0v) is 10.8. The number of oxazole rings is 1. The molecule has 0 radical (unpaired) electrons. The SMILES string of the molecule is O=[N+]([O-])c1cccc(/C=N\Nc2nc3ccccc3o2)c1. The van der Waals surface area contributed by atoms with Gasteiger partial charge in [0, 0.05) is 17.7 Å². The third-order valence-corrected chi connectivity index (χ3v) is 2.75. The molecular formula is C14H10N4O3. The van der Waals surface area contributed by atoms with Crippen molar-refractivity contribution in [1.29, 1.82) is 0 Å². The van der Waals surface area contributed by atoms with Crippen molar-refractivity contribution in [2.45, 2.75) is 0 Å². The Hall–Kier alpha value is -3.22. The Bertz CT molecular complexity index is 793. The zero-order chi connectivity index (χ0) is 14.7. The summed E-state index contributed by atoms with van der Waals surface area (Å²) in [6.45, 7) is 0. The molecule has 0 saturated carbocycles. The first-order valence-corrected chi connectivity index (χ1v) is 6.11. The van der Waals surface area contributed by atoms with E-state index in [0.29, 0.717) is 11.1 Å². The number of nitro benzene ring substituents is 1. The molecule has 2 aromatic carbocycles. The van der Waals surface area contributed by atoms with E-state index in [-0.39, 0.29) is 11.7 Å². The summed E-state index contributed by atoms with van der Waals surface area (Å²) in [6, 6.07) is 13.8. The van der Waals surface area contributed by atoms with Crippen LogP contribution in [0.3, 0.4) is 0 Å². The van der Waals surface area contributed by atoms with E-state index in [9.17, 15) is 10.1 Å². The Kier molecular flexibility index (Phi) is 3.30. The molecule has 104 valence electrons. The maximum Gasteiger partial charge on any atom is 0.316 e. The van der Waals surface area contributed by atoms with Crippen molar-refractivity contribution in [3.05, 3.63) is 64.2 Å². The van der Waals surface area contributed by atoms with Crippen molar-refractivity contribution < 1.29 is 9.34 Å². The lowest BCUT2D eigenvalue weighted by atomic mass is 10.2. The smallest absolute Gasteiger partial charge is 0.316 e. The number of aromatic nitrogens is 1. The number of anilines is 1. The number of hydrogen-bond acceptors (Lipinski definition) is 6. The second kappa shape index (κ2) is 5.41. The number of non-ortho nitro benzene ring substituents is 1. The van der Waals surface area contributed by atoms with Gasteiger partial charge < -0.3 is 4.42 Å². The number of para-hydroxylation sites is 2. The molecule has 3 aromatic rings. The molecule has 0 unspecified atom stereocenters. The molecule has 0 bridgehead atoms. The normalized spacial score (nSPS) is 11.0. The number of hydrazone groups is 1. The highest BCUT2D eigenvalue weighted by Gasteiger charge is 2.05. The van der Waals surface area contributed by atoms with Crippen LogP contribution in [0.5, 0.6) is 0 Å². The van der Waals surface area contributed by atoms with Gasteiger partial charge >= 0.3 is 6.01 Å². The molecule has 1 heterocycles. The van der Waals surface area contributed by atoms with Crippen molar-refractivity contribution in [3.8, 4) is 0 Å². The summed E-state index contributed by atoms with van der Waals surface area (Å²) in [4.78, 5) is 14.4. The molecule has 0 fully saturated rings. The number of nitrogens with one attached hydrogen (secondary N) is 1. The number of nitro groups is 1. The van der Waals surface area contributed by atoms with Gasteiger partial charge in [-0.1, -0.05) is 24.3 Å². The molecule has 0 aliphatic carbocycles. The van der Waals surface area contributed by atoms with Crippen LogP contribution in [-0.4, -0.2) is 16.1 Å². The van der Waals surface area contributed by atoms with Crippen molar-refractivity contribution in [2.24, 2.45) is 5.10 Å². The number of benzene rings is 2. The Morgan fingerprint density at radius 1 is 1.24 bits per heavy atom. The Morgan fingerprint density at radius 3 is 2.90 bits per heavy atom. The van der Waals surface area contributed by atoms with Gasteiger partial charge in [-0.2, -0.15) is 10.1 Å². The standard InChI is InChI=1S/C14H10N4O3/c19-18(20)11-5-3-4-10(8-11)9-15-17-14-16-12-6-1-2-7-13(12)21-14/h1-9H,(H,16,17)/b15-9-. The van der Waals surface area contributed by atoms with Gasteiger partial charge in [0.2, 0.25) is 0 Å². The van der Waals surface area contributed by atoms with Crippen molar-refractivity contribution in [3.63, 3.8) is 0 Å². The van der Waals surface area contributed by atoms with Crippen molar-refractivity contribution in [1.82, 2.24) is 4.98 Å². The second-order valence-corrected chi connectivity index (χ2v) is 4.21. The molecule has 21 heavy (non-hydrogen) atoms. The molecular weight excluding hydrogens is 272 g/mol. The molecule has 0 amide bonds. The molecule has 0 spiro atoms. The average molecular weight is 282 g/mol. The van der Waals surface area contributed by atoms with E-state index in [2.05, 4.69) is 15.5 Å². The molecule has 0 atom stereocenters. The van der Waals surface area contributed by atoms with Crippen LogP contribution < -0.4 is 5.43 Å². The molecule has 7 heteroatoms. The van der Waals surface area contributed by atoms with Crippen LogP contribution in [0.25, 0.3) is 11.1 Å². The Morgan fingerprint density at radius 2 is 2.10 bits per heavy atom. The van der Waals surface area contributed by atoms with E-state index in [0.717, 1.165) is 5.52 Å². The van der Waals surface area contributed by atoms with Crippen molar-refractivity contribution in [2.75, 3.05) is 5.43 Å². The summed E-state index contributed by atoms with van der Waals surface area (Å²) < 4.78 is 5.42. The van der Waals surface area contributed by atoms with E-state index < -0.39 is 4.92 Å². The summed E-state index contributed by atoms with van der Waals surface area (Å²) in [7, 11) is 0. The number of rotatable bonds is 4. The van der Waals surface area contributed by atoms with Gasteiger partial charge in [0.15, 0.2) is 5.58 Å². The van der Waals surface area contributed by atoms with Gasteiger partial charge in [0.1, 0.15) is 5.52 Å². The molecule has 0 saturated heterocycles. The molecule has 1 aromatic heterocycles. The maximum absolute atomic E-state index is 10.7. The topological polar surface area (TPSA) is 93.6 Å². The first kappa shape index (κ1) is 12.8. The minimum absolute atomic E-state index is 0.0146. The predicted molar refractivity (Wildman–Crippen MR) is 78.3 cm³/mol. The van der Waals surface area contributed by atoms with Crippen LogP contribution in [0.15, 0.2) is 58.0 Å². The van der Waals surface area contributed by atoms with E-state index >= 15 is 0 Å². The largest absolute Gasteiger partial charge is 0.422 e. The third kappa shape index (κ3) is 2.86. The first-order valence-electron chi connectivity index (χ1n) is 6.11. The monoisotopic (exact) mass is 282 g/mol. The van der Waals surface area contributed by atoms with Gasteiger partial charge in [-0.25, -0.2) is 5.43 Å². The van der Waals surface area contributed by atoms with Gasteiger partial charge in [-0.15, -0.1) is 0 Å². The van der Waals surface area contributed by atoms with Crippen LogP contribution >= 0.6 is 0 Å². The van der Waals surface area contributed by atoms with E-state index in [1.807, 2.05) is 18.2 Å². The maximum atomic E-state index is 10.7. The summed E-state index contributed by atoms with van der Waals surface area (Å²) >= 11 is 0. The number of fused-ring (bicyclic) bond motifs is 1. The average Bonchev–Trinajstić information content (AvgIpc) is 2.90. The highest BCUT2D eigenvalue weighted by Crippen LogP contribution is 2.18. The number of hydrogen-bond donors (Lipinski definition) is 1. The lowest BCUT2D eigenvalue weighted by Gasteiger charge is -1.94. The van der Waals surface area contributed by atoms with Gasteiger partial charge in [-0.3, -0.25) is 10.1 Å². The van der Waals surface area contributed by atoms with Gasteiger partial charge in [0.25, 0.3) is 5.69 Å². The minimum Gasteiger partial charge on any atom is -0.422 e. The molecule has 0 aliphatic rings. The molecule has 3 rings (SSSR count). The molecule has 7 nitrogen and oxygen atoms in total. The van der Waals surface area contributed by atoms with Crippen LogP contribution in [0, 0.1) is 10.1 Å². The van der Waals surface area contributed by atoms with Crippen LogP contribution in [0.2, 0.25) is 0 Å². The van der Waals surface area contributed by atoms with Crippen molar-refractivity contribution >= 4 is 29.0 Å². The van der Waals surface area contributed by atoms with E-state index in [1.54, 1.807) is 18.2 Å². The summed E-state index contributed by atoms with van der Waals surface area (Å²) in [5.41, 5.74) is 4.66. The van der Waals surface area contributed by atoms with Gasteiger partial charge in [-0.05, 0) is 12.1 Å². The van der Waals surface area contributed by atoms with Gasteiger partial charge in [0.05, 0.1) is 11.1 Å². The van der Waals surface area contributed by atoms with Crippen LogP contribution in [0.1, 0.15) is 5.56 Å². The third-order valence-electron chi connectivity index (χ3n) is 2.75. The second-order valence-electron chi connectivity index (χ2n) is 4.21. The Labute approximate surface area is 119 Å². The minimum atomic E-state index is -0.453. The summed E-state index contributed by atoms with van der Waals surface area (Å²) in [5.74, 6) is 0. The molecule has 1 N–H and O–H groups in total. The lowest BCUT2D eigenvalue weighted by Crippen LogP contribution is -1.92. The predicted octanol–water partition coefficient (Wildman–Crippen LogP) is 3.18. The summed E-state index contributed by atoms with van der Waals surface area (Å²) in [6.07, 6.45) is 1.46.